The number of halogens is 2. The summed E-state index contributed by atoms with van der Waals surface area (Å²) in [5.74, 6) is 0.551. The van der Waals surface area contributed by atoms with Crippen LogP contribution in [-0.4, -0.2) is 37.0 Å². The summed E-state index contributed by atoms with van der Waals surface area (Å²) in [6.45, 7) is 0.245. The lowest BCUT2D eigenvalue weighted by Crippen LogP contribution is -2.47. The predicted octanol–water partition coefficient (Wildman–Crippen LogP) is 4.17. The summed E-state index contributed by atoms with van der Waals surface area (Å²) < 4.78 is 5.23. The lowest BCUT2D eigenvalue weighted by Gasteiger charge is -2.19. The van der Waals surface area contributed by atoms with E-state index in [0.29, 0.717) is 27.8 Å². The van der Waals surface area contributed by atoms with Gasteiger partial charge in [0.25, 0.3) is 5.91 Å². The summed E-state index contributed by atoms with van der Waals surface area (Å²) in [5.41, 5.74) is 1.13. The van der Waals surface area contributed by atoms with E-state index in [9.17, 15) is 9.59 Å². The molecule has 1 atom stereocenters. The average Bonchev–Trinajstić information content (AvgIpc) is 2.69. The van der Waals surface area contributed by atoms with Gasteiger partial charge in [-0.25, -0.2) is 0 Å². The number of rotatable bonds is 9. The SMILES string of the molecule is COc1ccccc1C(=O)NC(CCSC)C(=O)NCc1ccc(Cl)cc1Cl. The molecule has 0 aliphatic heterocycles. The van der Waals surface area contributed by atoms with Crippen molar-refractivity contribution >= 4 is 46.8 Å². The molecule has 0 aliphatic rings. The second kappa shape index (κ2) is 11.2. The summed E-state index contributed by atoms with van der Waals surface area (Å²) in [5, 5.41) is 6.64. The second-order valence-electron chi connectivity index (χ2n) is 5.96. The largest absolute Gasteiger partial charge is 0.496 e. The van der Waals surface area contributed by atoms with Gasteiger partial charge in [-0.2, -0.15) is 11.8 Å². The highest BCUT2D eigenvalue weighted by molar-refractivity contribution is 7.98. The van der Waals surface area contributed by atoms with Gasteiger partial charge in [0.2, 0.25) is 5.91 Å². The van der Waals surface area contributed by atoms with Gasteiger partial charge in [-0.05, 0) is 48.3 Å². The average molecular weight is 441 g/mol. The van der Waals surface area contributed by atoms with Crippen molar-refractivity contribution in [1.82, 2.24) is 10.6 Å². The molecule has 0 heterocycles. The lowest BCUT2D eigenvalue weighted by molar-refractivity contribution is -0.123. The number of hydrogen-bond donors (Lipinski definition) is 2. The Labute approximate surface area is 179 Å². The van der Waals surface area contributed by atoms with E-state index < -0.39 is 6.04 Å². The summed E-state index contributed by atoms with van der Waals surface area (Å²) in [6, 6.07) is 11.3. The molecule has 1 unspecified atom stereocenters. The molecule has 2 aromatic carbocycles. The smallest absolute Gasteiger partial charge is 0.255 e. The lowest BCUT2D eigenvalue weighted by atomic mass is 10.1. The van der Waals surface area contributed by atoms with E-state index in [-0.39, 0.29) is 18.4 Å². The molecule has 0 bridgehead atoms. The minimum absolute atomic E-state index is 0.245. The maximum absolute atomic E-state index is 12.7. The minimum atomic E-state index is -0.670. The molecule has 8 heteroatoms. The van der Waals surface area contributed by atoms with Crippen LogP contribution in [0.3, 0.4) is 0 Å². The van der Waals surface area contributed by atoms with Crippen LogP contribution in [-0.2, 0) is 11.3 Å². The Morgan fingerprint density at radius 3 is 2.61 bits per heavy atom. The zero-order valence-corrected chi connectivity index (χ0v) is 18.0. The maximum Gasteiger partial charge on any atom is 0.255 e. The molecular formula is C20H22Cl2N2O3S. The standard InChI is InChI=1S/C20H22Cl2N2O3S/c1-27-18-6-4-3-5-15(18)19(25)24-17(9-10-28-2)20(26)23-12-13-7-8-14(21)11-16(13)22/h3-8,11,17H,9-10,12H2,1-2H3,(H,23,26)(H,24,25). The first kappa shape index (κ1) is 22.4. The third-order valence-corrected chi connectivity index (χ3v) is 5.28. The Hall–Kier alpha value is -1.89. The molecule has 2 amide bonds. The van der Waals surface area contributed by atoms with Crippen molar-refractivity contribution in [3.63, 3.8) is 0 Å². The van der Waals surface area contributed by atoms with Crippen LogP contribution in [0.2, 0.25) is 10.0 Å². The van der Waals surface area contributed by atoms with Crippen molar-refractivity contribution in [3.8, 4) is 5.75 Å². The van der Waals surface area contributed by atoms with Gasteiger partial charge >= 0.3 is 0 Å². The minimum Gasteiger partial charge on any atom is -0.496 e. The summed E-state index contributed by atoms with van der Waals surface area (Å²) >= 11 is 13.7. The van der Waals surface area contributed by atoms with Crippen molar-refractivity contribution in [2.45, 2.75) is 19.0 Å². The molecule has 0 saturated carbocycles. The molecule has 2 N–H and O–H groups in total. The molecule has 0 fully saturated rings. The van der Waals surface area contributed by atoms with Crippen LogP contribution in [0.15, 0.2) is 42.5 Å². The van der Waals surface area contributed by atoms with Gasteiger partial charge in [0.1, 0.15) is 11.8 Å². The molecule has 150 valence electrons. The van der Waals surface area contributed by atoms with Crippen molar-refractivity contribution < 1.29 is 14.3 Å². The summed E-state index contributed by atoms with van der Waals surface area (Å²) in [4.78, 5) is 25.3. The first-order chi connectivity index (χ1) is 13.5. The van der Waals surface area contributed by atoms with E-state index >= 15 is 0 Å². The fourth-order valence-corrected chi connectivity index (χ4v) is 3.49. The number of amides is 2. The quantitative estimate of drug-likeness (QED) is 0.613. The van der Waals surface area contributed by atoms with Crippen molar-refractivity contribution in [1.29, 1.82) is 0 Å². The van der Waals surface area contributed by atoms with Crippen LogP contribution < -0.4 is 15.4 Å². The highest BCUT2D eigenvalue weighted by atomic mass is 35.5. The number of hydrogen-bond acceptors (Lipinski definition) is 4. The van der Waals surface area contributed by atoms with Crippen molar-refractivity contribution in [3.05, 3.63) is 63.6 Å². The van der Waals surface area contributed by atoms with Crippen LogP contribution in [0.25, 0.3) is 0 Å². The molecule has 2 aromatic rings. The molecule has 5 nitrogen and oxygen atoms in total. The molecule has 0 aliphatic carbocycles. The molecule has 0 aromatic heterocycles. The Kier molecular flexibility index (Phi) is 8.96. The number of carbonyl (C=O) groups is 2. The van der Waals surface area contributed by atoms with Gasteiger partial charge in [0, 0.05) is 16.6 Å². The molecule has 2 rings (SSSR count). The number of thioether (sulfide) groups is 1. The highest BCUT2D eigenvalue weighted by Crippen LogP contribution is 2.21. The van der Waals surface area contributed by atoms with Gasteiger partial charge in [-0.1, -0.05) is 41.4 Å². The highest BCUT2D eigenvalue weighted by Gasteiger charge is 2.22. The molecule has 28 heavy (non-hydrogen) atoms. The topological polar surface area (TPSA) is 67.4 Å². The molecular weight excluding hydrogens is 419 g/mol. The van der Waals surface area contributed by atoms with E-state index in [1.54, 1.807) is 54.2 Å². The molecule has 0 saturated heterocycles. The number of benzene rings is 2. The third kappa shape index (κ3) is 6.33. The van der Waals surface area contributed by atoms with Gasteiger partial charge in [0.15, 0.2) is 0 Å². The number of carbonyl (C=O) groups excluding carboxylic acids is 2. The van der Waals surface area contributed by atoms with Crippen LogP contribution in [0, 0.1) is 0 Å². The monoisotopic (exact) mass is 440 g/mol. The zero-order valence-electron chi connectivity index (χ0n) is 15.6. The Morgan fingerprint density at radius 1 is 1.18 bits per heavy atom. The fraction of sp³-hybridized carbons (Fsp3) is 0.300. The molecule has 0 spiro atoms. The number of ether oxygens (including phenoxy) is 1. The summed E-state index contributed by atoms with van der Waals surface area (Å²) in [6.07, 6.45) is 2.45. The van der Waals surface area contributed by atoms with E-state index in [1.807, 2.05) is 6.26 Å². The Morgan fingerprint density at radius 2 is 1.93 bits per heavy atom. The first-order valence-corrected chi connectivity index (χ1v) is 10.8. The maximum atomic E-state index is 12.7. The van der Waals surface area contributed by atoms with Crippen molar-refractivity contribution in [2.24, 2.45) is 0 Å². The zero-order chi connectivity index (χ0) is 20.5. The van der Waals surface area contributed by atoms with E-state index in [0.717, 1.165) is 11.3 Å². The van der Waals surface area contributed by atoms with Gasteiger partial charge in [0.05, 0.1) is 12.7 Å². The van der Waals surface area contributed by atoms with Gasteiger partial charge in [-0.3, -0.25) is 9.59 Å². The molecule has 0 radical (unpaired) electrons. The normalized spacial score (nSPS) is 11.6. The van der Waals surface area contributed by atoms with E-state index in [4.69, 9.17) is 27.9 Å². The fourth-order valence-electron chi connectivity index (χ4n) is 2.54. The number of nitrogens with one attached hydrogen (secondary N) is 2. The summed E-state index contributed by atoms with van der Waals surface area (Å²) in [7, 11) is 1.50. The van der Waals surface area contributed by atoms with Crippen LogP contribution in [0.1, 0.15) is 22.3 Å². The number of methoxy groups -OCH3 is 1. The number of para-hydroxylation sites is 1. The van der Waals surface area contributed by atoms with E-state index in [1.165, 1.54) is 7.11 Å². The van der Waals surface area contributed by atoms with Crippen molar-refractivity contribution in [2.75, 3.05) is 19.1 Å². The second-order valence-corrected chi connectivity index (χ2v) is 7.79. The van der Waals surface area contributed by atoms with Crippen LogP contribution in [0.5, 0.6) is 5.75 Å². The van der Waals surface area contributed by atoms with Gasteiger partial charge < -0.3 is 15.4 Å². The van der Waals surface area contributed by atoms with Gasteiger partial charge in [-0.15, -0.1) is 0 Å². The van der Waals surface area contributed by atoms with Crippen LogP contribution >= 0.6 is 35.0 Å². The Bertz CT molecular complexity index is 833. The first-order valence-electron chi connectivity index (χ1n) is 8.60. The third-order valence-electron chi connectivity index (χ3n) is 4.05. The Balaban J connectivity index is 2.06. The van der Waals surface area contributed by atoms with E-state index in [2.05, 4.69) is 10.6 Å². The van der Waals surface area contributed by atoms with Crippen LogP contribution in [0.4, 0.5) is 0 Å². The predicted molar refractivity (Wildman–Crippen MR) is 116 cm³/mol.